The fraction of sp³-hybridized carbons (Fsp3) is 0.500. The number of anilines is 1. The number of benzene rings is 1. The maximum atomic E-state index is 13.1. The Hall–Kier alpha value is -1.03. The third-order valence-electron chi connectivity index (χ3n) is 3.65. The molecule has 0 aliphatic carbocycles. The van der Waals surface area contributed by atoms with Crippen molar-refractivity contribution in [1.82, 2.24) is 0 Å². The molecule has 1 aromatic carbocycles. The van der Waals surface area contributed by atoms with Crippen LogP contribution in [0.5, 0.6) is 0 Å². The van der Waals surface area contributed by atoms with E-state index in [1.54, 1.807) is 17.8 Å². The molecule has 1 aliphatic rings. The SMILES string of the molecule is CCC1(CC)CN=C(Nc2cccc(F)c2)SC1. The van der Waals surface area contributed by atoms with Gasteiger partial charge in [-0.25, -0.2) is 4.39 Å². The van der Waals surface area contributed by atoms with Crippen LogP contribution in [0.3, 0.4) is 0 Å². The third kappa shape index (κ3) is 3.05. The summed E-state index contributed by atoms with van der Waals surface area (Å²) in [4.78, 5) is 4.60. The zero-order chi connectivity index (χ0) is 13.0. The van der Waals surface area contributed by atoms with Gasteiger partial charge in [0.2, 0.25) is 0 Å². The lowest BCUT2D eigenvalue weighted by Crippen LogP contribution is -2.32. The van der Waals surface area contributed by atoms with Crippen molar-refractivity contribution < 1.29 is 4.39 Å². The van der Waals surface area contributed by atoms with Gasteiger partial charge in [-0.15, -0.1) is 0 Å². The molecular weight excluding hydrogens is 247 g/mol. The molecule has 1 aromatic rings. The first-order valence-electron chi connectivity index (χ1n) is 6.37. The molecule has 2 rings (SSSR count). The Morgan fingerprint density at radius 1 is 1.39 bits per heavy atom. The van der Waals surface area contributed by atoms with Crippen LogP contribution in [0.25, 0.3) is 0 Å². The van der Waals surface area contributed by atoms with Crippen LogP contribution < -0.4 is 5.32 Å². The molecule has 98 valence electrons. The van der Waals surface area contributed by atoms with E-state index in [9.17, 15) is 4.39 Å². The minimum absolute atomic E-state index is 0.224. The number of nitrogens with zero attached hydrogens (tertiary/aromatic N) is 1. The van der Waals surface area contributed by atoms with Crippen LogP contribution in [0.4, 0.5) is 10.1 Å². The summed E-state index contributed by atoms with van der Waals surface area (Å²) in [5.74, 6) is 0.860. The molecule has 4 heteroatoms. The molecule has 0 radical (unpaired) electrons. The van der Waals surface area contributed by atoms with E-state index in [1.807, 2.05) is 6.07 Å². The van der Waals surface area contributed by atoms with Gasteiger partial charge < -0.3 is 5.32 Å². The Bertz CT molecular complexity index is 441. The summed E-state index contributed by atoms with van der Waals surface area (Å²) in [5.41, 5.74) is 1.11. The molecule has 0 fully saturated rings. The third-order valence-corrected chi connectivity index (χ3v) is 4.91. The van der Waals surface area contributed by atoms with E-state index >= 15 is 0 Å². The zero-order valence-corrected chi connectivity index (χ0v) is 11.7. The summed E-state index contributed by atoms with van der Waals surface area (Å²) in [6.45, 7) is 5.32. The van der Waals surface area contributed by atoms with Gasteiger partial charge in [-0.2, -0.15) is 0 Å². The molecule has 0 bridgehead atoms. The normalized spacial score (nSPS) is 18.3. The molecule has 2 nitrogen and oxygen atoms in total. The van der Waals surface area contributed by atoms with Crippen LogP contribution in [0.1, 0.15) is 26.7 Å². The average molecular weight is 266 g/mol. The van der Waals surface area contributed by atoms with Gasteiger partial charge in [0.25, 0.3) is 0 Å². The number of thioether (sulfide) groups is 1. The van der Waals surface area contributed by atoms with Gasteiger partial charge >= 0.3 is 0 Å². The van der Waals surface area contributed by atoms with Crippen molar-refractivity contribution in [1.29, 1.82) is 0 Å². The highest BCUT2D eigenvalue weighted by Gasteiger charge is 2.30. The number of aliphatic imine (C=N–C) groups is 1. The topological polar surface area (TPSA) is 24.4 Å². The molecule has 0 aromatic heterocycles. The van der Waals surface area contributed by atoms with Crippen molar-refractivity contribution in [2.24, 2.45) is 10.4 Å². The maximum Gasteiger partial charge on any atom is 0.161 e. The molecule has 1 N–H and O–H groups in total. The van der Waals surface area contributed by atoms with Gasteiger partial charge in [0, 0.05) is 18.0 Å². The van der Waals surface area contributed by atoms with Crippen LogP contribution in [0.15, 0.2) is 29.3 Å². The van der Waals surface area contributed by atoms with Crippen molar-refractivity contribution in [2.45, 2.75) is 26.7 Å². The Kier molecular flexibility index (Phi) is 4.27. The van der Waals surface area contributed by atoms with E-state index < -0.39 is 0 Å². The minimum atomic E-state index is -0.224. The predicted molar refractivity (Wildman–Crippen MR) is 77.8 cm³/mol. The largest absolute Gasteiger partial charge is 0.335 e. The van der Waals surface area contributed by atoms with Crippen molar-refractivity contribution in [2.75, 3.05) is 17.6 Å². The van der Waals surface area contributed by atoms with Gasteiger partial charge in [0.05, 0.1) is 0 Å². The molecule has 1 heterocycles. The van der Waals surface area contributed by atoms with E-state index in [1.165, 1.54) is 12.1 Å². The van der Waals surface area contributed by atoms with Gasteiger partial charge in [-0.3, -0.25) is 4.99 Å². The van der Waals surface area contributed by atoms with Crippen LogP contribution >= 0.6 is 11.8 Å². The van der Waals surface area contributed by atoms with Gasteiger partial charge in [0.15, 0.2) is 5.17 Å². The van der Waals surface area contributed by atoms with E-state index in [-0.39, 0.29) is 5.82 Å². The van der Waals surface area contributed by atoms with Crippen LogP contribution in [-0.4, -0.2) is 17.5 Å². The van der Waals surface area contributed by atoms with Gasteiger partial charge in [-0.05, 0) is 36.5 Å². The first-order chi connectivity index (χ1) is 8.67. The molecule has 0 amide bonds. The number of hydrogen-bond acceptors (Lipinski definition) is 3. The first-order valence-corrected chi connectivity index (χ1v) is 7.36. The van der Waals surface area contributed by atoms with Crippen molar-refractivity contribution >= 4 is 22.6 Å². The number of amidine groups is 1. The molecule has 0 spiro atoms. The van der Waals surface area contributed by atoms with Crippen LogP contribution in [0.2, 0.25) is 0 Å². The Morgan fingerprint density at radius 3 is 2.72 bits per heavy atom. The highest BCUT2D eigenvalue weighted by atomic mass is 32.2. The molecule has 0 atom stereocenters. The standard InChI is InChI=1S/C14H19FN2S/c1-3-14(4-2)9-16-13(18-10-14)17-12-7-5-6-11(15)8-12/h5-8H,3-4,9-10H2,1-2H3,(H,16,17). The number of hydrogen-bond donors (Lipinski definition) is 1. The highest BCUT2D eigenvalue weighted by Crippen LogP contribution is 2.35. The molecule has 0 saturated carbocycles. The number of halogens is 1. The summed E-state index contributed by atoms with van der Waals surface area (Å²) in [6, 6.07) is 6.49. The molecule has 0 saturated heterocycles. The van der Waals surface area contributed by atoms with Crippen molar-refractivity contribution in [3.63, 3.8) is 0 Å². The smallest absolute Gasteiger partial charge is 0.161 e. The van der Waals surface area contributed by atoms with Crippen molar-refractivity contribution in [3.8, 4) is 0 Å². The minimum Gasteiger partial charge on any atom is -0.335 e. The molecule has 1 aliphatic heterocycles. The second kappa shape index (κ2) is 5.74. The first kappa shape index (κ1) is 13.4. The zero-order valence-electron chi connectivity index (χ0n) is 10.9. The summed E-state index contributed by atoms with van der Waals surface area (Å²) in [7, 11) is 0. The van der Waals surface area contributed by atoms with Crippen LogP contribution in [-0.2, 0) is 0 Å². The Labute approximate surface area is 112 Å². The fourth-order valence-corrected chi connectivity index (χ4v) is 3.28. The fourth-order valence-electron chi connectivity index (χ4n) is 2.00. The Balaban J connectivity index is 2.02. The van der Waals surface area contributed by atoms with E-state index in [0.29, 0.717) is 5.41 Å². The average Bonchev–Trinajstić information content (AvgIpc) is 2.40. The monoisotopic (exact) mass is 266 g/mol. The molecule has 18 heavy (non-hydrogen) atoms. The lowest BCUT2D eigenvalue weighted by molar-refractivity contribution is 0.318. The van der Waals surface area contributed by atoms with Gasteiger partial charge in [-0.1, -0.05) is 31.7 Å². The van der Waals surface area contributed by atoms with Crippen LogP contribution in [0, 0.1) is 11.2 Å². The van der Waals surface area contributed by atoms with Crippen molar-refractivity contribution in [3.05, 3.63) is 30.1 Å². The number of nitrogens with one attached hydrogen (secondary N) is 1. The quantitative estimate of drug-likeness (QED) is 0.889. The Morgan fingerprint density at radius 2 is 2.17 bits per heavy atom. The molecule has 0 unspecified atom stereocenters. The van der Waals surface area contributed by atoms with Gasteiger partial charge in [0.1, 0.15) is 5.82 Å². The second-order valence-corrected chi connectivity index (χ2v) is 5.72. The van der Waals surface area contributed by atoms with E-state index in [0.717, 1.165) is 36.0 Å². The summed E-state index contributed by atoms with van der Waals surface area (Å²) in [5, 5.41) is 4.08. The van der Waals surface area contributed by atoms with E-state index in [4.69, 9.17) is 0 Å². The second-order valence-electron chi connectivity index (χ2n) is 4.75. The molecular formula is C14H19FN2S. The maximum absolute atomic E-state index is 13.1. The summed E-state index contributed by atoms with van der Waals surface area (Å²) in [6.07, 6.45) is 2.32. The lowest BCUT2D eigenvalue weighted by Gasteiger charge is -2.33. The summed E-state index contributed by atoms with van der Waals surface area (Å²) >= 11 is 1.74. The highest BCUT2D eigenvalue weighted by molar-refractivity contribution is 8.14. The predicted octanol–water partition coefficient (Wildman–Crippen LogP) is 4.15. The van der Waals surface area contributed by atoms with E-state index in [2.05, 4.69) is 24.2 Å². The summed E-state index contributed by atoms with van der Waals surface area (Å²) < 4.78 is 13.1. The number of rotatable bonds is 3. The lowest BCUT2D eigenvalue weighted by atomic mass is 9.84.